The van der Waals surface area contributed by atoms with E-state index in [1.54, 1.807) is 0 Å². The zero-order chi connectivity index (χ0) is 14.1. The molecule has 0 unspecified atom stereocenters. The van der Waals surface area contributed by atoms with E-state index in [9.17, 15) is 0 Å². The van der Waals surface area contributed by atoms with Crippen LogP contribution in [0.5, 0.6) is 0 Å². The van der Waals surface area contributed by atoms with Crippen LogP contribution in [0.2, 0.25) is 0 Å². The number of imidazole rings is 1. The van der Waals surface area contributed by atoms with Crippen molar-refractivity contribution in [2.45, 2.75) is 38.9 Å². The number of halogens is 1. The predicted octanol–water partition coefficient (Wildman–Crippen LogP) is 2.39. The van der Waals surface area contributed by atoms with Crippen molar-refractivity contribution in [3.63, 3.8) is 0 Å². The third-order valence-electron chi connectivity index (χ3n) is 3.43. The van der Waals surface area contributed by atoms with Gasteiger partial charge in [-0.25, -0.2) is 9.98 Å². The summed E-state index contributed by atoms with van der Waals surface area (Å²) in [4.78, 5) is 9.04. The maximum atomic E-state index is 5.87. The Morgan fingerprint density at radius 2 is 2.35 bits per heavy atom. The van der Waals surface area contributed by atoms with Crippen molar-refractivity contribution in [2.75, 3.05) is 0 Å². The highest BCUT2D eigenvalue weighted by Crippen LogP contribution is 2.21. The van der Waals surface area contributed by atoms with Gasteiger partial charge in [-0.1, -0.05) is 15.9 Å². The molecule has 3 N–H and O–H groups in total. The molecule has 1 fully saturated rings. The van der Waals surface area contributed by atoms with Crippen LogP contribution in [-0.4, -0.2) is 21.6 Å². The molecule has 1 saturated carbocycles. The second-order valence-corrected chi connectivity index (χ2v) is 5.94. The highest BCUT2D eigenvalue weighted by atomic mass is 79.9. The Balaban J connectivity index is 1.86. The van der Waals surface area contributed by atoms with Crippen LogP contribution in [0.25, 0.3) is 11.0 Å². The van der Waals surface area contributed by atoms with Gasteiger partial charge in [0.15, 0.2) is 5.96 Å². The van der Waals surface area contributed by atoms with E-state index >= 15 is 0 Å². The number of benzene rings is 1. The number of fused-ring (bicyclic) bond motifs is 1. The van der Waals surface area contributed by atoms with Crippen molar-refractivity contribution in [1.82, 2.24) is 14.9 Å². The topological polar surface area (TPSA) is 68.2 Å². The average Bonchev–Trinajstić information content (AvgIpc) is 3.15. The molecule has 1 heterocycles. The van der Waals surface area contributed by atoms with E-state index < -0.39 is 0 Å². The molecule has 2 aromatic rings. The molecule has 0 atom stereocenters. The Labute approximate surface area is 126 Å². The average molecular weight is 336 g/mol. The lowest BCUT2D eigenvalue weighted by Gasteiger charge is -2.05. The van der Waals surface area contributed by atoms with Crippen LogP contribution < -0.4 is 11.1 Å². The summed E-state index contributed by atoms with van der Waals surface area (Å²) in [6.07, 6.45) is 2.38. The first-order chi connectivity index (χ1) is 9.67. The molecule has 5 nitrogen and oxygen atoms in total. The first kappa shape index (κ1) is 13.4. The van der Waals surface area contributed by atoms with Gasteiger partial charge < -0.3 is 15.6 Å². The van der Waals surface area contributed by atoms with Crippen LogP contribution in [0, 0.1) is 0 Å². The number of nitrogens with zero attached hydrogens (tertiary/aromatic N) is 3. The van der Waals surface area contributed by atoms with E-state index in [2.05, 4.69) is 48.8 Å². The standard InChI is InChI=1S/C14H18BrN5/c1-2-20-12-6-3-9(15)7-11(12)19-13(20)8-17-14(16)18-10-4-5-10/h3,6-7,10H,2,4-5,8H2,1H3,(H3,16,17,18). The van der Waals surface area contributed by atoms with E-state index in [4.69, 9.17) is 5.73 Å². The van der Waals surface area contributed by atoms with Gasteiger partial charge in [0, 0.05) is 17.1 Å². The Morgan fingerprint density at radius 1 is 1.55 bits per heavy atom. The highest BCUT2D eigenvalue weighted by molar-refractivity contribution is 9.10. The van der Waals surface area contributed by atoms with Gasteiger partial charge in [0.05, 0.1) is 11.0 Å². The first-order valence-corrected chi connectivity index (χ1v) is 7.68. The van der Waals surface area contributed by atoms with Crippen molar-refractivity contribution in [3.8, 4) is 0 Å². The van der Waals surface area contributed by atoms with Gasteiger partial charge in [0.2, 0.25) is 0 Å². The molecule has 1 aromatic carbocycles. The van der Waals surface area contributed by atoms with Gasteiger partial charge in [-0.3, -0.25) is 0 Å². The van der Waals surface area contributed by atoms with Gasteiger partial charge in [0.25, 0.3) is 0 Å². The minimum Gasteiger partial charge on any atom is -0.370 e. The molecular formula is C14H18BrN5. The van der Waals surface area contributed by atoms with E-state index in [1.807, 2.05) is 12.1 Å². The Kier molecular flexibility index (Phi) is 3.65. The molecule has 0 aliphatic heterocycles. The lowest BCUT2D eigenvalue weighted by Crippen LogP contribution is -2.33. The van der Waals surface area contributed by atoms with E-state index in [0.29, 0.717) is 18.5 Å². The summed E-state index contributed by atoms with van der Waals surface area (Å²) in [5, 5.41) is 3.19. The Morgan fingerprint density at radius 3 is 3.05 bits per heavy atom. The highest BCUT2D eigenvalue weighted by Gasteiger charge is 2.21. The van der Waals surface area contributed by atoms with Gasteiger partial charge in [0.1, 0.15) is 12.4 Å². The summed E-state index contributed by atoms with van der Waals surface area (Å²) in [6, 6.07) is 6.67. The van der Waals surface area contributed by atoms with Crippen LogP contribution in [0.1, 0.15) is 25.6 Å². The van der Waals surface area contributed by atoms with Crippen molar-refractivity contribution in [1.29, 1.82) is 0 Å². The Bertz CT molecular complexity index is 657. The summed E-state index contributed by atoms with van der Waals surface area (Å²) < 4.78 is 3.21. The van der Waals surface area contributed by atoms with Crippen LogP contribution in [-0.2, 0) is 13.1 Å². The zero-order valence-electron chi connectivity index (χ0n) is 11.4. The van der Waals surface area contributed by atoms with Gasteiger partial charge >= 0.3 is 0 Å². The molecule has 1 aliphatic carbocycles. The van der Waals surface area contributed by atoms with Crippen LogP contribution in [0.3, 0.4) is 0 Å². The van der Waals surface area contributed by atoms with Gasteiger partial charge in [-0.2, -0.15) is 0 Å². The van der Waals surface area contributed by atoms with Crippen LogP contribution in [0.15, 0.2) is 27.7 Å². The fourth-order valence-corrected chi connectivity index (χ4v) is 2.61. The number of hydrogen-bond donors (Lipinski definition) is 2. The number of hydrogen-bond acceptors (Lipinski definition) is 2. The molecule has 1 aromatic heterocycles. The SMILES string of the molecule is CCn1c(CN=C(N)NC2CC2)nc2cc(Br)ccc21. The molecule has 3 rings (SSSR count). The minimum absolute atomic E-state index is 0.506. The van der Waals surface area contributed by atoms with Crippen molar-refractivity contribution >= 4 is 32.9 Å². The predicted molar refractivity (Wildman–Crippen MR) is 84.6 cm³/mol. The van der Waals surface area contributed by atoms with E-state index in [0.717, 1.165) is 27.9 Å². The third-order valence-corrected chi connectivity index (χ3v) is 3.92. The van der Waals surface area contributed by atoms with Crippen molar-refractivity contribution in [2.24, 2.45) is 10.7 Å². The van der Waals surface area contributed by atoms with E-state index in [1.165, 1.54) is 12.8 Å². The molecule has 0 saturated heterocycles. The second kappa shape index (κ2) is 5.44. The lowest BCUT2D eigenvalue weighted by atomic mass is 10.3. The molecule has 106 valence electrons. The summed E-state index contributed by atoms with van der Waals surface area (Å²) in [7, 11) is 0. The van der Waals surface area contributed by atoms with Crippen molar-refractivity contribution in [3.05, 3.63) is 28.5 Å². The lowest BCUT2D eigenvalue weighted by molar-refractivity contribution is 0.716. The molecule has 20 heavy (non-hydrogen) atoms. The number of nitrogens with one attached hydrogen (secondary N) is 1. The Hall–Kier alpha value is -1.56. The maximum absolute atomic E-state index is 5.87. The first-order valence-electron chi connectivity index (χ1n) is 6.88. The number of nitrogens with two attached hydrogens (primary N) is 1. The fraction of sp³-hybridized carbons (Fsp3) is 0.429. The normalized spacial score (nSPS) is 15.8. The van der Waals surface area contributed by atoms with Gasteiger partial charge in [-0.15, -0.1) is 0 Å². The molecular weight excluding hydrogens is 318 g/mol. The largest absolute Gasteiger partial charge is 0.370 e. The monoisotopic (exact) mass is 335 g/mol. The zero-order valence-corrected chi connectivity index (χ0v) is 13.0. The maximum Gasteiger partial charge on any atom is 0.189 e. The summed E-state index contributed by atoms with van der Waals surface area (Å²) in [5.41, 5.74) is 7.99. The second-order valence-electron chi connectivity index (χ2n) is 5.03. The smallest absolute Gasteiger partial charge is 0.189 e. The van der Waals surface area contributed by atoms with Crippen LogP contribution >= 0.6 is 15.9 Å². The van der Waals surface area contributed by atoms with E-state index in [-0.39, 0.29) is 0 Å². The van der Waals surface area contributed by atoms with Crippen LogP contribution in [0.4, 0.5) is 0 Å². The molecule has 1 aliphatic rings. The fourth-order valence-electron chi connectivity index (χ4n) is 2.26. The quantitative estimate of drug-likeness (QED) is 0.665. The molecule has 0 radical (unpaired) electrons. The molecule has 0 spiro atoms. The number of guanidine groups is 1. The molecule has 0 bridgehead atoms. The van der Waals surface area contributed by atoms with Gasteiger partial charge in [-0.05, 0) is 38.0 Å². The molecule has 6 heteroatoms. The number of aromatic nitrogens is 2. The number of aliphatic imine (C=N–C) groups is 1. The molecule has 0 amide bonds. The summed E-state index contributed by atoms with van der Waals surface area (Å²) >= 11 is 3.48. The summed E-state index contributed by atoms with van der Waals surface area (Å²) in [6.45, 7) is 3.49. The minimum atomic E-state index is 0.506. The number of rotatable bonds is 4. The summed E-state index contributed by atoms with van der Waals surface area (Å²) in [5.74, 6) is 1.46. The van der Waals surface area contributed by atoms with Crippen molar-refractivity contribution < 1.29 is 0 Å². The number of aryl methyl sites for hydroxylation is 1. The third kappa shape index (κ3) is 2.80.